The minimum atomic E-state index is 0.0775. The smallest absolute Gasteiger partial charge is 0.0955 e. The lowest BCUT2D eigenvalue weighted by Crippen LogP contribution is -2.17. The van der Waals surface area contributed by atoms with Gasteiger partial charge in [0.25, 0.3) is 0 Å². The van der Waals surface area contributed by atoms with Gasteiger partial charge < -0.3 is 10.5 Å². The van der Waals surface area contributed by atoms with Crippen LogP contribution in [-0.2, 0) is 4.74 Å². The van der Waals surface area contributed by atoms with Crippen LogP contribution in [0.3, 0.4) is 0 Å². The lowest BCUT2D eigenvalue weighted by Gasteiger charge is -2.16. The number of hydrogen-bond donors (Lipinski definition) is 1. The largest absolute Gasteiger partial charge is 0.372 e. The van der Waals surface area contributed by atoms with Gasteiger partial charge in [-0.05, 0) is 28.3 Å². The maximum atomic E-state index is 5.68. The van der Waals surface area contributed by atoms with E-state index in [0.29, 0.717) is 12.5 Å². The average Bonchev–Trinajstić information content (AvgIpc) is 2.58. The fourth-order valence-corrected chi connectivity index (χ4v) is 1.77. The second-order valence-electron chi connectivity index (χ2n) is 3.51. The third-order valence-corrected chi connectivity index (χ3v) is 2.46. The minimum Gasteiger partial charge on any atom is -0.372 e. The van der Waals surface area contributed by atoms with Gasteiger partial charge in [-0.3, -0.25) is 0 Å². The van der Waals surface area contributed by atoms with E-state index in [0.717, 1.165) is 6.61 Å². The summed E-state index contributed by atoms with van der Waals surface area (Å²) in [6, 6.07) is 2.07. The van der Waals surface area contributed by atoms with Crippen LogP contribution in [0.1, 0.15) is 25.5 Å². The van der Waals surface area contributed by atoms with Crippen molar-refractivity contribution in [2.45, 2.75) is 20.0 Å². The predicted molar refractivity (Wildman–Crippen MR) is 56.9 cm³/mol. The Labute approximate surface area is 83.7 Å². The first-order chi connectivity index (χ1) is 6.24. The molecule has 1 unspecified atom stereocenters. The highest BCUT2D eigenvalue weighted by atomic mass is 32.1. The predicted octanol–water partition coefficient (Wildman–Crippen LogP) is 2.42. The van der Waals surface area contributed by atoms with Crippen LogP contribution in [0.25, 0.3) is 0 Å². The Balaban J connectivity index is 2.44. The van der Waals surface area contributed by atoms with Crippen molar-refractivity contribution < 1.29 is 4.74 Å². The van der Waals surface area contributed by atoms with Crippen molar-refractivity contribution in [3.63, 3.8) is 0 Å². The molecule has 1 atom stereocenters. The summed E-state index contributed by atoms with van der Waals surface area (Å²) >= 11 is 1.68. The van der Waals surface area contributed by atoms with Crippen LogP contribution in [0, 0.1) is 5.92 Å². The first kappa shape index (κ1) is 10.7. The van der Waals surface area contributed by atoms with Crippen LogP contribution < -0.4 is 5.73 Å². The van der Waals surface area contributed by atoms with Crippen LogP contribution in [0.2, 0.25) is 0 Å². The van der Waals surface area contributed by atoms with Crippen molar-refractivity contribution in [1.29, 1.82) is 0 Å². The number of hydrogen-bond acceptors (Lipinski definition) is 3. The summed E-state index contributed by atoms with van der Waals surface area (Å²) in [5, 5.41) is 4.15. The minimum absolute atomic E-state index is 0.0775. The zero-order valence-corrected chi connectivity index (χ0v) is 9.01. The summed E-state index contributed by atoms with van der Waals surface area (Å²) in [5.41, 5.74) is 6.83. The van der Waals surface area contributed by atoms with Crippen LogP contribution in [-0.4, -0.2) is 13.2 Å². The van der Waals surface area contributed by atoms with Crippen LogP contribution in [0.4, 0.5) is 0 Å². The fourth-order valence-electron chi connectivity index (χ4n) is 1.07. The molecule has 0 fully saturated rings. The number of nitrogens with two attached hydrogens (primary N) is 1. The zero-order valence-electron chi connectivity index (χ0n) is 8.19. The molecule has 13 heavy (non-hydrogen) atoms. The van der Waals surface area contributed by atoms with Crippen LogP contribution >= 0.6 is 11.3 Å². The Hall–Kier alpha value is -0.380. The van der Waals surface area contributed by atoms with Crippen molar-refractivity contribution in [1.82, 2.24) is 0 Å². The van der Waals surface area contributed by atoms with Crippen molar-refractivity contribution in [2.24, 2.45) is 11.7 Å². The molecular formula is C10H17NOS. The van der Waals surface area contributed by atoms with Gasteiger partial charge in [0.1, 0.15) is 0 Å². The Morgan fingerprint density at radius 3 is 2.77 bits per heavy atom. The molecule has 0 spiro atoms. The van der Waals surface area contributed by atoms with Crippen molar-refractivity contribution >= 4 is 11.3 Å². The highest BCUT2D eigenvalue weighted by Gasteiger charge is 2.10. The molecule has 0 saturated heterocycles. The van der Waals surface area contributed by atoms with Crippen molar-refractivity contribution in [3.8, 4) is 0 Å². The first-order valence-corrected chi connectivity index (χ1v) is 5.52. The molecular weight excluding hydrogens is 182 g/mol. The zero-order chi connectivity index (χ0) is 9.68. The van der Waals surface area contributed by atoms with E-state index < -0.39 is 0 Å². The van der Waals surface area contributed by atoms with Gasteiger partial charge in [0.2, 0.25) is 0 Å². The maximum absolute atomic E-state index is 5.68. The third kappa shape index (κ3) is 3.46. The Kier molecular flexibility index (Phi) is 4.42. The molecule has 1 heterocycles. The molecule has 0 radical (unpaired) electrons. The molecule has 1 aromatic heterocycles. The average molecular weight is 199 g/mol. The Morgan fingerprint density at radius 2 is 2.31 bits per heavy atom. The van der Waals surface area contributed by atoms with E-state index in [4.69, 9.17) is 10.5 Å². The SMILES string of the molecule is CC(C)COC(CN)c1ccsc1. The molecule has 1 rings (SSSR count). The van der Waals surface area contributed by atoms with Gasteiger partial charge >= 0.3 is 0 Å². The quantitative estimate of drug-likeness (QED) is 0.790. The molecule has 3 heteroatoms. The first-order valence-electron chi connectivity index (χ1n) is 4.57. The van der Waals surface area contributed by atoms with E-state index in [1.807, 2.05) is 0 Å². The standard InChI is InChI=1S/C10H17NOS/c1-8(2)6-12-10(5-11)9-3-4-13-7-9/h3-4,7-8,10H,5-6,11H2,1-2H3. The second kappa shape index (κ2) is 5.37. The summed E-state index contributed by atoms with van der Waals surface area (Å²) in [5.74, 6) is 0.563. The molecule has 2 nitrogen and oxygen atoms in total. The molecule has 0 amide bonds. The third-order valence-electron chi connectivity index (χ3n) is 1.76. The van der Waals surface area contributed by atoms with Gasteiger partial charge in [0.05, 0.1) is 6.10 Å². The van der Waals surface area contributed by atoms with E-state index in [-0.39, 0.29) is 6.10 Å². The van der Waals surface area contributed by atoms with Crippen molar-refractivity contribution in [2.75, 3.05) is 13.2 Å². The van der Waals surface area contributed by atoms with Crippen LogP contribution in [0.15, 0.2) is 16.8 Å². The molecule has 0 aliphatic heterocycles. The van der Waals surface area contributed by atoms with E-state index in [1.165, 1.54) is 5.56 Å². The topological polar surface area (TPSA) is 35.2 Å². The van der Waals surface area contributed by atoms with Gasteiger partial charge in [-0.25, -0.2) is 0 Å². The lowest BCUT2D eigenvalue weighted by atomic mass is 10.2. The van der Waals surface area contributed by atoms with Crippen molar-refractivity contribution in [3.05, 3.63) is 22.4 Å². The molecule has 0 aliphatic rings. The van der Waals surface area contributed by atoms with Gasteiger partial charge in [-0.15, -0.1) is 0 Å². The van der Waals surface area contributed by atoms with Gasteiger partial charge in [-0.1, -0.05) is 13.8 Å². The van der Waals surface area contributed by atoms with Gasteiger partial charge in [0, 0.05) is 13.2 Å². The Bertz CT molecular complexity index is 221. The lowest BCUT2D eigenvalue weighted by molar-refractivity contribution is 0.0408. The van der Waals surface area contributed by atoms with Gasteiger partial charge in [0.15, 0.2) is 0 Å². The number of thiophene rings is 1. The maximum Gasteiger partial charge on any atom is 0.0955 e. The summed E-state index contributed by atoms with van der Waals surface area (Å²) in [6.07, 6.45) is 0.0775. The van der Waals surface area contributed by atoms with E-state index in [2.05, 4.69) is 30.7 Å². The fraction of sp³-hybridized carbons (Fsp3) is 0.600. The molecule has 0 aliphatic carbocycles. The molecule has 1 aromatic rings. The van der Waals surface area contributed by atoms with E-state index in [9.17, 15) is 0 Å². The van der Waals surface area contributed by atoms with E-state index in [1.54, 1.807) is 11.3 Å². The normalized spacial score (nSPS) is 13.5. The molecule has 74 valence electrons. The monoisotopic (exact) mass is 199 g/mol. The van der Waals surface area contributed by atoms with Gasteiger partial charge in [-0.2, -0.15) is 11.3 Å². The summed E-state index contributed by atoms with van der Waals surface area (Å²) in [6.45, 7) is 5.61. The molecule has 0 bridgehead atoms. The molecule has 0 saturated carbocycles. The summed E-state index contributed by atoms with van der Waals surface area (Å²) in [4.78, 5) is 0. The number of ether oxygens (including phenoxy) is 1. The van der Waals surface area contributed by atoms with E-state index >= 15 is 0 Å². The summed E-state index contributed by atoms with van der Waals surface area (Å²) in [7, 11) is 0. The summed E-state index contributed by atoms with van der Waals surface area (Å²) < 4.78 is 5.68. The molecule has 0 aromatic carbocycles. The number of rotatable bonds is 5. The van der Waals surface area contributed by atoms with Crippen LogP contribution in [0.5, 0.6) is 0 Å². The molecule has 2 N–H and O–H groups in total. The highest BCUT2D eigenvalue weighted by Crippen LogP contribution is 2.19. The second-order valence-corrected chi connectivity index (χ2v) is 4.29. The Morgan fingerprint density at radius 1 is 1.54 bits per heavy atom. The highest BCUT2D eigenvalue weighted by molar-refractivity contribution is 7.07.